The number of hydrogen-bond acceptors (Lipinski definition) is 4. The number of nitrogens with zero attached hydrogens (tertiary/aromatic N) is 5. The summed E-state index contributed by atoms with van der Waals surface area (Å²) in [6.07, 6.45) is 0. The van der Waals surface area contributed by atoms with Crippen molar-refractivity contribution in [2.24, 2.45) is 0 Å². The molecule has 0 N–H and O–H groups in total. The highest BCUT2D eigenvalue weighted by molar-refractivity contribution is 7.99. The van der Waals surface area contributed by atoms with Crippen molar-refractivity contribution in [1.82, 2.24) is 24.1 Å². The van der Waals surface area contributed by atoms with Gasteiger partial charge in [-0.1, -0.05) is 176 Å². The quantitative estimate of drug-likeness (QED) is 0.168. The van der Waals surface area contributed by atoms with Gasteiger partial charge in [0.25, 0.3) is 0 Å². The third-order valence-corrected chi connectivity index (χ3v) is 13.5. The van der Waals surface area contributed by atoms with Crippen LogP contribution in [0.1, 0.15) is 0 Å². The summed E-state index contributed by atoms with van der Waals surface area (Å²) in [5.41, 5.74) is 13.4. The van der Waals surface area contributed by atoms with Crippen molar-refractivity contribution in [2.75, 3.05) is 0 Å². The minimum atomic E-state index is 0.634. The van der Waals surface area contributed by atoms with Crippen LogP contribution in [0.2, 0.25) is 0 Å². The summed E-state index contributed by atoms with van der Waals surface area (Å²) in [7, 11) is 0. The molecule has 3 aromatic heterocycles. The summed E-state index contributed by atoms with van der Waals surface area (Å²) in [5, 5.41) is 6.11. The molecule has 294 valence electrons. The molecule has 1 aliphatic heterocycles. The molecular weight excluding hydrogens is 787 g/mol. The summed E-state index contributed by atoms with van der Waals surface area (Å²) >= 11 is 1.85. The van der Waals surface area contributed by atoms with Crippen molar-refractivity contribution in [1.29, 1.82) is 0 Å². The number of aromatic nitrogens is 5. The second-order valence-electron chi connectivity index (χ2n) is 16.1. The first kappa shape index (κ1) is 35.7. The number of hydrogen-bond donors (Lipinski definition) is 0. The summed E-state index contributed by atoms with van der Waals surface area (Å²) < 4.78 is 4.94. The molecule has 0 unspecified atom stereocenters. The normalized spacial score (nSPS) is 12.1. The lowest BCUT2D eigenvalue weighted by Crippen LogP contribution is -2.06. The van der Waals surface area contributed by atoms with E-state index in [2.05, 4.69) is 197 Å². The topological polar surface area (TPSA) is 48.5 Å². The first-order valence-corrected chi connectivity index (χ1v) is 22.0. The molecule has 9 aromatic carbocycles. The van der Waals surface area contributed by atoms with Crippen molar-refractivity contribution < 1.29 is 0 Å². The Labute approximate surface area is 367 Å². The molecule has 0 spiro atoms. The largest absolute Gasteiger partial charge is 0.295 e. The standard InChI is InChI=1S/C57H35N5S/c1-4-13-36(14-5-1)40-27-28-42-34-44(30-29-41(42)33-40)56-59-54(38-15-6-2-7-16-38)58-55(60-56)39-25-23-37(24-26-39)43-31-32-50-49(35-43)62-53-47(20-12-22-51(53)63-50)52-46-19-10-11-21-48(46)61(57(52)62)45-17-8-3-9-18-45/h1-35H. The first-order valence-electron chi connectivity index (χ1n) is 21.2. The van der Waals surface area contributed by atoms with Crippen LogP contribution in [0.5, 0.6) is 0 Å². The molecule has 0 amide bonds. The highest BCUT2D eigenvalue weighted by atomic mass is 32.2. The SMILES string of the molecule is c1ccc(-c2ccc3cc(-c4nc(-c5ccccc5)nc(-c5ccc(-c6ccc7c(c6)-n6c8c(cccc8c8c9ccccc9n(-c9ccccc9)c86)S7)cc5)n4)ccc3c2)cc1. The molecule has 0 fully saturated rings. The molecule has 0 aliphatic carbocycles. The van der Waals surface area contributed by atoms with E-state index >= 15 is 0 Å². The molecule has 12 aromatic rings. The Hall–Kier alpha value is -8.06. The highest BCUT2D eigenvalue weighted by Gasteiger charge is 2.28. The molecule has 0 saturated carbocycles. The average molecular weight is 822 g/mol. The van der Waals surface area contributed by atoms with Crippen LogP contribution in [0.25, 0.3) is 111 Å². The molecule has 0 radical (unpaired) electrons. The highest BCUT2D eigenvalue weighted by Crippen LogP contribution is 2.50. The number of rotatable bonds is 6. The summed E-state index contributed by atoms with van der Waals surface area (Å²) in [4.78, 5) is 17.7. The van der Waals surface area contributed by atoms with E-state index in [-0.39, 0.29) is 0 Å². The van der Waals surface area contributed by atoms with Crippen LogP contribution in [0.3, 0.4) is 0 Å². The number of fused-ring (bicyclic) bond motifs is 8. The summed E-state index contributed by atoms with van der Waals surface area (Å²) in [5.74, 6) is 1.92. The zero-order chi connectivity index (χ0) is 41.4. The lowest BCUT2D eigenvalue weighted by Gasteiger charge is -2.22. The van der Waals surface area contributed by atoms with Crippen molar-refractivity contribution in [3.05, 3.63) is 212 Å². The third kappa shape index (κ3) is 5.83. The van der Waals surface area contributed by atoms with Crippen LogP contribution in [0.4, 0.5) is 0 Å². The van der Waals surface area contributed by atoms with E-state index in [4.69, 9.17) is 15.0 Å². The second kappa shape index (κ2) is 14.3. The molecule has 6 heteroatoms. The first-order chi connectivity index (χ1) is 31.2. The van der Waals surface area contributed by atoms with Gasteiger partial charge in [0.15, 0.2) is 17.5 Å². The van der Waals surface area contributed by atoms with E-state index in [0.29, 0.717) is 17.5 Å². The van der Waals surface area contributed by atoms with E-state index in [1.807, 2.05) is 36.0 Å². The van der Waals surface area contributed by atoms with E-state index < -0.39 is 0 Å². The fourth-order valence-corrected chi connectivity index (χ4v) is 10.4. The van der Waals surface area contributed by atoms with Gasteiger partial charge < -0.3 is 0 Å². The summed E-state index contributed by atoms with van der Waals surface area (Å²) in [6.45, 7) is 0. The van der Waals surface area contributed by atoms with Crippen molar-refractivity contribution in [3.8, 4) is 67.8 Å². The molecule has 4 heterocycles. The molecule has 5 nitrogen and oxygen atoms in total. The van der Waals surface area contributed by atoms with Gasteiger partial charge in [0, 0.05) is 48.3 Å². The minimum absolute atomic E-state index is 0.634. The maximum atomic E-state index is 5.12. The van der Waals surface area contributed by atoms with Gasteiger partial charge in [-0.3, -0.25) is 9.13 Å². The molecule has 0 saturated heterocycles. The van der Waals surface area contributed by atoms with Crippen molar-refractivity contribution in [2.45, 2.75) is 9.79 Å². The van der Waals surface area contributed by atoms with Crippen LogP contribution >= 0.6 is 11.8 Å². The van der Waals surface area contributed by atoms with Crippen LogP contribution in [-0.2, 0) is 0 Å². The van der Waals surface area contributed by atoms with Gasteiger partial charge in [-0.25, -0.2) is 15.0 Å². The third-order valence-electron chi connectivity index (χ3n) is 12.3. The Kier molecular flexibility index (Phi) is 8.08. The van der Waals surface area contributed by atoms with E-state index in [1.165, 1.54) is 64.8 Å². The van der Waals surface area contributed by atoms with E-state index in [9.17, 15) is 0 Å². The molecule has 63 heavy (non-hydrogen) atoms. The number of benzene rings is 9. The molecule has 13 rings (SSSR count). The van der Waals surface area contributed by atoms with Crippen LogP contribution in [0.15, 0.2) is 222 Å². The monoisotopic (exact) mass is 821 g/mol. The van der Waals surface area contributed by atoms with Gasteiger partial charge in [-0.2, -0.15) is 0 Å². The zero-order valence-corrected chi connectivity index (χ0v) is 34.7. The Morgan fingerprint density at radius 1 is 0.349 bits per heavy atom. The molecule has 0 atom stereocenters. The Bertz CT molecular complexity index is 3740. The molecule has 1 aliphatic rings. The van der Waals surface area contributed by atoms with Gasteiger partial charge >= 0.3 is 0 Å². The van der Waals surface area contributed by atoms with Crippen LogP contribution in [0, 0.1) is 0 Å². The van der Waals surface area contributed by atoms with Crippen molar-refractivity contribution in [3.63, 3.8) is 0 Å². The van der Waals surface area contributed by atoms with Gasteiger partial charge in [0.1, 0.15) is 5.65 Å². The zero-order valence-electron chi connectivity index (χ0n) is 33.9. The maximum Gasteiger partial charge on any atom is 0.164 e. The minimum Gasteiger partial charge on any atom is -0.295 e. The van der Waals surface area contributed by atoms with E-state index in [0.717, 1.165) is 38.9 Å². The van der Waals surface area contributed by atoms with Crippen LogP contribution in [-0.4, -0.2) is 24.1 Å². The second-order valence-corrected chi connectivity index (χ2v) is 17.1. The number of para-hydroxylation sites is 3. The fraction of sp³-hybridized carbons (Fsp3) is 0. The smallest absolute Gasteiger partial charge is 0.164 e. The Morgan fingerprint density at radius 3 is 1.62 bits per heavy atom. The lowest BCUT2D eigenvalue weighted by molar-refractivity contribution is 1.03. The Morgan fingerprint density at radius 2 is 0.873 bits per heavy atom. The molecular formula is C57H35N5S. The molecule has 0 bridgehead atoms. The predicted molar refractivity (Wildman–Crippen MR) is 260 cm³/mol. The van der Waals surface area contributed by atoms with Gasteiger partial charge in [-0.05, 0) is 81.6 Å². The van der Waals surface area contributed by atoms with E-state index in [1.54, 1.807) is 0 Å². The maximum absolute atomic E-state index is 5.12. The van der Waals surface area contributed by atoms with Crippen LogP contribution < -0.4 is 0 Å². The van der Waals surface area contributed by atoms with Gasteiger partial charge in [0.05, 0.1) is 16.7 Å². The average Bonchev–Trinajstić information content (AvgIpc) is 3.88. The van der Waals surface area contributed by atoms with Gasteiger partial charge in [0.2, 0.25) is 0 Å². The predicted octanol–water partition coefficient (Wildman–Crippen LogP) is 14.9. The lowest BCUT2D eigenvalue weighted by atomic mass is 10.00. The fourth-order valence-electron chi connectivity index (χ4n) is 9.35. The summed E-state index contributed by atoms with van der Waals surface area (Å²) in [6, 6.07) is 75.5. The Balaban J connectivity index is 0.912. The van der Waals surface area contributed by atoms with Crippen molar-refractivity contribution >= 4 is 55.4 Å². The van der Waals surface area contributed by atoms with Gasteiger partial charge in [-0.15, -0.1) is 0 Å².